The quantitative estimate of drug-likeness (QED) is 0.663. The zero-order valence-electron chi connectivity index (χ0n) is 10.5. The van der Waals surface area contributed by atoms with Gasteiger partial charge in [0.1, 0.15) is 0 Å². The molecule has 0 aromatic heterocycles. The van der Waals surface area contributed by atoms with E-state index < -0.39 is 0 Å². The minimum Gasteiger partial charge on any atom is -0.114 e. The Morgan fingerprint density at radius 3 is 2.06 bits per heavy atom. The molecule has 3 unspecified atom stereocenters. The molecule has 0 aliphatic carbocycles. The van der Waals surface area contributed by atoms with Gasteiger partial charge in [0, 0.05) is 5.66 Å². The molecule has 0 saturated carbocycles. The second kappa shape index (κ2) is 5.67. The first kappa shape index (κ1) is 11.9. The molecular weight excluding hydrogens is 235 g/mol. The van der Waals surface area contributed by atoms with Crippen molar-refractivity contribution < 1.29 is 0 Å². The van der Waals surface area contributed by atoms with Gasteiger partial charge in [-0.3, -0.25) is 0 Å². The fourth-order valence-corrected chi connectivity index (χ4v) is 4.75. The van der Waals surface area contributed by atoms with E-state index in [1.807, 2.05) is 0 Å². The first-order valence-electron chi connectivity index (χ1n) is 6.78. The summed E-state index contributed by atoms with van der Waals surface area (Å²) in [4.78, 5) is 0. The van der Waals surface area contributed by atoms with E-state index in [4.69, 9.17) is 0 Å². The lowest BCUT2D eigenvalue weighted by atomic mass is 9.87. The SMILES string of the molecule is c1ccc(C2CCCPC2c2ccccc2)cc1. The molecule has 0 amide bonds. The van der Waals surface area contributed by atoms with Crippen LogP contribution >= 0.6 is 8.58 Å². The standard InChI is InChI=1S/C17H19P/c1-3-8-14(9-4-1)16-12-7-13-18-17(16)15-10-5-2-6-11-15/h1-6,8-11,16-18H,7,12-13H2. The molecule has 1 fully saturated rings. The smallest absolute Gasteiger partial charge is 0.00825 e. The lowest BCUT2D eigenvalue weighted by Gasteiger charge is -2.32. The maximum absolute atomic E-state index is 2.30. The van der Waals surface area contributed by atoms with Crippen molar-refractivity contribution in [2.75, 3.05) is 6.16 Å². The van der Waals surface area contributed by atoms with Gasteiger partial charge in [-0.05, 0) is 36.0 Å². The maximum Gasteiger partial charge on any atom is 0.00825 e. The van der Waals surface area contributed by atoms with Crippen LogP contribution in [0.5, 0.6) is 0 Å². The Morgan fingerprint density at radius 1 is 0.778 bits per heavy atom. The highest BCUT2D eigenvalue weighted by Gasteiger charge is 2.27. The molecule has 2 aromatic rings. The van der Waals surface area contributed by atoms with Crippen LogP contribution in [-0.2, 0) is 0 Å². The molecule has 1 heterocycles. The summed E-state index contributed by atoms with van der Waals surface area (Å²) in [6.07, 6.45) is 4.14. The third kappa shape index (κ3) is 2.49. The van der Waals surface area contributed by atoms with Crippen molar-refractivity contribution >= 4 is 8.58 Å². The van der Waals surface area contributed by atoms with Gasteiger partial charge in [-0.2, -0.15) is 0 Å². The van der Waals surface area contributed by atoms with E-state index in [9.17, 15) is 0 Å². The molecule has 0 bridgehead atoms. The number of hydrogen-bond donors (Lipinski definition) is 0. The van der Waals surface area contributed by atoms with Crippen molar-refractivity contribution in [1.82, 2.24) is 0 Å². The summed E-state index contributed by atoms with van der Waals surface area (Å²) < 4.78 is 0. The highest BCUT2D eigenvalue weighted by Crippen LogP contribution is 2.51. The van der Waals surface area contributed by atoms with E-state index in [-0.39, 0.29) is 0 Å². The molecule has 0 radical (unpaired) electrons. The number of rotatable bonds is 2. The summed E-state index contributed by atoms with van der Waals surface area (Å²) in [6, 6.07) is 22.2. The van der Waals surface area contributed by atoms with Crippen LogP contribution in [-0.4, -0.2) is 6.16 Å². The highest BCUT2D eigenvalue weighted by molar-refractivity contribution is 7.38. The van der Waals surface area contributed by atoms with Crippen molar-refractivity contribution in [1.29, 1.82) is 0 Å². The molecule has 1 saturated heterocycles. The average molecular weight is 254 g/mol. The van der Waals surface area contributed by atoms with E-state index >= 15 is 0 Å². The van der Waals surface area contributed by atoms with E-state index in [0.29, 0.717) is 0 Å². The largest absolute Gasteiger partial charge is 0.114 e. The topological polar surface area (TPSA) is 0 Å². The Kier molecular flexibility index (Phi) is 3.76. The number of hydrogen-bond acceptors (Lipinski definition) is 0. The Bertz CT molecular complexity index is 430. The second-order valence-electron chi connectivity index (χ2n) is 5.00. The first-order chi connectivity index (χ1) is 8.95. The third-order valence-electron chi connectivity index (χ3n) is 3.84. The molecule has 18 heavy (non-hydrogen) atoms. The van der Waals surface area contributed by atoms with Gasteiger partial charge in [-0.1, -0.05) is 60.7 Å². The molecule has 3 atom stereocenters. The Balaban J connectivity index is 1.92. The van der Waals surface area contributed by atoms with Crippen molar-refractivity contribution in [2.45, 2.75) is 24.4 Å². The van der Waals surface area contributed by atoms with E-state index in [2.05, 4.69) is 60.7 Å². The molecule has 2 aromatic carbocycles. The van der Waals surface area contributed by atoms with Gasteiger partial charge < -0.3 is 0 Å². The maximum atomic E-state index is 2.30. The lowest BCUT2D eigenvalue weighted by Crippen LogP contribution is -2.12. The average Bonchev–Trinajstić information content (AvgIpc) is 2.49. The highest BCUT2D eigenvalue weighted by atomic mass is 31.1. The monoisotopic (exact) mass is 254 g/mol. The van der Waals surface area contributed by atoms with E-state index in [0.717, 1.165) is 20.2 Å². The van der Waals surface area contributed by atoms with Crippen LogP contribution in [0.4, 0.5) is 0 Å². The normalized spacial score (nSPS) is 25.1. The van der Waals surface area contributed by atoms with Crippen molar-refractivity contribution in [3.63, 3.8) is 0 Å². The molecule has 0 N–H and O–H groups in total. The molecule has 1 aliphatic rings. The molecule has 0 nitrogen and oxygen atoms in total. The number of benzene rings is 2. The Hall–Kier alpha value is -1.13. The zero-order chi connectivity index (χ0) is 12.2. The summed E-state index contributed by atoms with van der Waals surface area (Å²) in [7, 11) is 1.08. The minimum absolute atomic E-state index is 0.723. The van der Waals surface area contributed by atoms with Gasteiger partial charge in [0.2, 0.25) is 0 Å². The van der Waals surface area contributed by atoms with E-state index in [1.54, 1.807) is 0 Å². The fourth-order valence-electron chi connectivity index (χ4n) is 2.96. The summed E-state index contributed by atoms with van der Waals surface area (Å²) in [5, 5.41) is 0. The van der Waals surface area contributed by atoms with Crippen LogP contribution in [0, 0.1) is 0 Å². The van der Waals surface area contributed by atoms with Gasteiger partial charge in [0.25, 0.3) is 0 Å². The van der Waals surface area contributed by atoms with E-state index in [1.165, 1.54) is 30.1 Å². The van der Waals surface area contributed by atoms with Crippen LogP contribution in [0.3, 0.4) is 0 Å². The van der Waals surface area contributed by atoms with Gasteiger partial charge in [0.15, 0.2) is 0 Å². The van der Waals surface area contributed by atoms with Gasteiger partial charge in [-0.25, -0.2) is 0 Å². The Labute approximate surface area is 111 Å². The molecule has 1 heteroatoms. The predicted octanol–water partition coefficient (Wildman–Crippen LogP) is 4.98. The van der Waals surface area contributed by atoms with Crippen LogP contribution in [0.1, 0.15) is 35.5 Å². The van der Waals surface area contributed by atoms with Crippen molar-refractivity contribution in [3.8, 4) is 0 Å². The summed E-state index contributed by atoms with van der Waals surface area (Å²) in [5.74, 6) is 0.723. The summed E-state index contributed by atoms with van der Waals surface area (Å²) >= 11 is 0. The molecular formula is C17H19P. The van der Waals surface area contributed by atoms with Gasteiger partial charge >= 0.3 is 0 Å². The minimum atomic E-state index is 0.723. The molecule has 1 aliphatic heterocycles. The van der Waals surface area contributed by atoms with Gasteiger partial charge in [-0.15, -0.1) is 8.58 Å². The van der Waals surface area contributed by atoms with Crippen molar-refractivity contribution in [2.24, 2.45) is 0 Å². The zero-order valence-corrected chi connectivity index (χ0v) is 11.5. The second-order valence-corrected chi connectivity index (χ2v) is 6.53. The van der Waals surface area contributed by atoms with Crippen LogP contribution in [0.2, 0.25) is 0 Å². The molecule has 0 spiro atoms. The first-order valence-corrected chi connectivity index (χ1v) is 8.07. The summed E-state index contributed by atoms with van der Waals surface area (Å²) in [6.45, 7) is 0. The Morgan fingerprint density at radius 2 is 1.39 bits per heavy atom. The van der Waals surface area contributed by atoms with Crippen molar-refractivity contribution in [3.05, 3.63) is 71.8 Å². The molecule has 92 valence electrons. The summed E-state index contributed by atoms with van der Waals surface area (Å²) in [5.41, 5.74) is 3.80. The lowest BCUT2D eigenvalue weighted by molar-refractivity contribution is 0.578. The predicted molar refractivity (Wildman–Crippen MR) is 80.8 cm³/mol. The van der Waals surface area contributed by atoms with Crippen LogP contribution < -0.4 is 0 Å². The van der Waals surface area contributed by atoms with Crippen LogP contribution in [0.15, 0.2) is 60.7 Å². The third-order valence-corrected chi connectivity index (χ3v) is 5.66. The fraction of sp³-hybridized carbons (Fsp3) is 0.294. The molecule has 3 rings (SSSR count). The van der Waals surface area contributed by atoms with Gasteiger partial charge in [0.05, 0.1) is 0 Å². The van der Waals surface area contributed by atoms with Crippen LogP contribution in [0.25, 0.3) is 0 Å².